The second-order valence-electron chi connectivity index (χ2n) is 6.98. The summed E-state index contributed by atoms with van der Waals surface area (Å²) in [6.45, 7) is 3.23. The van der Waals surface area contributed by atoms with Crippen LogP contribution in [0, 0.1) is 5.92 Å². The van der Waals surface area contributed by atoms with Gasteiger partial charge >= 0.3 is 21.1 Å². The van der Waals surface area contributed by atoms with Crippen LogP contribution in [0.2, 0.25) is 0 Å². The maximum atomic E-state index is 5.75. The maximum absolute atomic E-state index is 5.75. The molecule has 4 nitrogen and oxygen atoms in total. The van der Waals surface area contributed by atoms with Gasteiger partial charge in [0.15, 0.2) is 6.29 Å². The van der Waals surface area contributed by atoms with Gasteiger partial charge in [-0.2, -0.15) is 0 Å². The second-order valence-corrected chi connectivity index (χ2v) is 6.98. The van der Waals surface area contributed by atoms with Crippen molar-refractivity contribution in [2.24, 2.45) is 17.4 Å². The van der Waals surface area contributed by atoms with Crippen LogP contribution in [0.15, 0.2) is 0 Å². The first kappa shape index (κ1) is 31.8. The summed E-state index contributed by atoms with van der Waals surface area (Å²) in [4.78, 5) is 0. The van der Waals surface area contributed by atoms with E-state index in [2.05, 4.69) is 0 Å². The molecule has 26 heavy (non-hydrogen) atoms. The Kier molecular flexibility index (Phi) is 29.5. The zero-order chi connectivity index (χ0) is 16.6. The zero-order valence-corrected chi connectivity index (χ0v) is 20.0. The van der Waals surface area contributed by atoms with E-state index in [9.17, 15) is 0 Å². The van der Waals surface area contributed by atoms with Gasteiger partial charge in [0.05, 0.1) is 0 Å². The molecule has 1 rings (SSSR count). The Hall–Kier alpha value is 1.11. The van der Waals surface area contributed by atoms with Crippen LogP contribution in [0.1, 0.15) is 83.5 Å². The first-order valence-electron chi connectivity index (χ1n) is 10.00. The van der Waals surface area contributed by atoms with Gasteiger partial charge in [0.25, 0.3) is 0 Å². The Morgan fingerprint density at radius 1 is 0.808 bits per heavy atom. The third-order valence-corrected chi connectivity index (χ3v) is 4.87. The quantitative estimate of drug-likeness (QED) is 0.215. The van der Waals surface area contributed by atoms with Crippen LogP contribution >= 0.6 is 0 Å². The molecule has 0 aromatic carbocycles. The normalized spacial score (nSPS) is 16.5. The van der Waals surface area contributed by atoms with Crippen molar-refractivity contribution in [3.63, 3.8) is 0 Å². The predicted octanol–water partition coefficient (Wildman–Crippen LogP) is -2.03. The van der Waals surface area contributed by atoms with Crippen LogP contribution in [0.25, 0.3) is 0 Å². The smallest absolute Gasteiger partial charge is 1.00 e. The Bertz CT molecular complexity index is 258. The fourth-order valence-electron chi connectivity index (χ4n) is 3.16. The third kappa shape index (κ3) is 18.5. The molecule has 1 unspecified atom stereocenters. The van der Waals surface area contributed by atoms with E-state index in [-0.39, 0.29) is 52.2 Å². The zero-order valence-electron chi connectivity index (χ0n) is 16.2. The molecule has 1 atom stereocenters. The minimum absolute atomic E-state index is 0. The molecule has 1 saturated heterocycles. The van der Waals surface area contributed by atoms with Crippen molar-refractivity contribution < 1.29 is 55.4 Å². The molecule has 0 aromatic rings. The maximum Gasteiger partial charge on any atom is 2.00 e. The summed E-state index contributed by atoms with van der Waals surface area (Å²) >= 11 is 0. The molecular formula is C19H40Cl2N2O2Pt. The Labute approximate surface area is 188 Å². The van der Waals surface area contributed by atoms with Crippen molar-refractivity contribution >= 4 is 0 Å². The summed E-state index contributed by atoms with van der Waals surface area (Å²) in [6, 6.07) is 0. The predicted molar refractivity (Wildman–Crippen MR) is 97.3 cm³/mol. The third-order valence-electron chi connectivity index (χ3n) is 4.87. The van der Waals surface area contributed by atoms with Gasteiger partial charge in [0.1, 0.15) is 0 Å². The Balaban J connectivity index is -0.00000176. The first-order chi connectivity index (χ1) is 11.4. The molecule has 1 aliphatic rings. The summed E-state index contributed by atoms with van der Waals surface area (Å²) in [5, 5.41) is 0. The molecule has 1 heterocycles. The van der Waals surface area contributed by atoms with E-state index in [0.29, 0.717) is 5.92 Å². The minimum Gasteiger partial charge on any atom is -1.00 e. The SMILES string of the molecule is NCC(CN)CCCCCCCCCCCOC1CCCCO1.[Cl-].[Cl-].[Pt+2]. The van der Waals surface area contributed by atoms with Crippen molar-refractivity contribution in [3.8, 4) is 0 Å². The second kappa shape index (κ2) is 24.1. The Morgan fingerprint density at radius 2 is 1.35 bits per heavy atom. The van der Waals surface area contributed by atoms with E-state index in [1.165, 1.54) is 77.0 Å². The van der Waals surface area contributed by atoms with Crippen LogP contribution < -0.4 is 36.3 Å². The van der Waals surface area contributed by atoms with Crippen molar-refractivity contribution in [2.45, 2.75) is 89.8 Å². The van der Waals surface area contributed by atoms with Crippen LogP contribution in [-0.2, 0) is 30.5 Å². The summed E-state index contributed by atoms with van der Waals surface area (Å²) in [5.41, 5.74) is 11.3. The number of rotatable bonds is 15. The number of nitrogens with two attached hydrogens (primary N) is 2. The summed E-state index contributed by atoms with van der Waals surface area (Å²) in [5.74, 6) is 0.538. The molecule has 0 spiro atoms. The van der Waals surface area contributed by atoms with Crippen LogP contribution in [0.3, 0.4) is 0 Å². The molecule has 0 radical (unpaired) electrons. The van der Waals surface area contributed by atoms with Gasteiger partial charge in [-0.3, -0.25) is 0 Å². The molecule has 0 aromatic heterocycles. The largest absolute Gasteiger partial charge is 2.00 e. The van der Waals surface area contributed by atoms with Crippen molar-refractivity contribution in [1.82, 2.24) is 0 Å². The van der Waals surface area contributed by atoms with Crippen molar-refractivity contribution in [3.05, 3.63) is 0 Å². The molecule has 7 heteroatoms. The van der Waals surface area contributed by atoms with Gasteiger partial charge in [-0.05, 0) is 51.1 Å². The summed E-state index contributed by atoms with van der Waals surface area (Å²) in [7, 11) is 0. The topological polar surface area (TPSA) is 70.5 Å². The van der Waals surface area contributed by atoms with Crippen LogP contribution in [0.4, 0.5) is 0 Å². The number of halogens is 2. The van der Waals surface area contributed by atoms with Gasteiger partial charge < -0.3 is 45.8 Å². The van der Waals surface area contributed by atoms with Gasteiger partial charge in [-0.1, -0.05) is 51.4 Å². The van der Waals surface area contributed by atoms with E-state index in [4.69, 9.17) is 20.9 Å². The standard InChI is InChI=1S/C19H40N2O2.2ClH.Pt/c20-16-18(17-21)12-8-6-4-2-1-3-5-7-10-14-22-19-13-9-11-15-23-19;;;/h18-19H,1-17,20-21H2;2*1H;/q;;;+2/p-2. The fourth-order valence-corrected chi connectivity index (χ4v) is 3.16. The summed E-state index contributed by atoms with van der Waals surface area (Å²) in [6.07, 6.45) is 16.8. The molecule has 0 amide bonds. The average molecular weight is 595 g/mol. The van der Waals surface area contributed by atoms with E-state index in [1.807, 2.05) is 0 Å². The van der Waals surface area contributed by atoms with E-state index < -0.39 is 0 Å². The number of ether oxygens (including phenoxy) is 2. The molecule has 162 valence electrons. The van der Waals surface area contributed by atoms with Crippen LogP contribution in [0.5, 0.6) is 0 Å². The monoisotopic (exact) mass is 593 g/mol. The Morgan fingerprint density at radius 3 is 1.85 bits per heavy atom. The molecular weight excluding hydrogens is 554 g/mol. The molecule has 4 N–H and O–H groups in total. The van der Waals surface area contributed by atoms with E-state index in [0.717, 1.165) is 32.7 Å². The first-order valence-corrected chi connectivity index (χ1v) is 10.00. The average Bonchev–Trinajstić information content (AvgIpc) is 2.60. The summed E-state index contributed by atoms with van der Waals surface area (Å²) < 4.78 is 11.3. The number of hydrogen-bond acceptors (Lipinski definition) is 4. The fraction of sp³-hybridized carbons (Fsp3) is 1.00. The van der Waals surface area contributed by atoms with E-state index >= 15 is 0 Å². The van der Waals surface area contributed by atoms with Gasteiger partial charge in [-0.15, -0.1) is 0 Å². The number of hydrogen-bond donors (Lipinski definition) is 2. The van der Waals surface area contributed by atoms with Gasteiger partial charge in [0, 0.05) is 13.2 Å². The molecule has 1 fully saturated rings. The van der Waals surface area contributed by atoms with E-state index in [1.54, 1.807) is 0 Å². The van der Waals surface area contributed by atoms with Crippen LogP contribution in [-0.4, -0.2) is 32.6 Å². The number of unbranched alkanes of at least 4 members (excludes halogenated alkanes) is 8. The van der Waals surface area contributed by atoms with Gasteiger partial charge in [-0.25, -0.2) is 0 Å². The van der Waals surface area contributed by atoms with Gasteiger partial charge in [0.2, 0.25) is 0 Å². The minimum atomic E-state index is 0. The molecule has 0 saturated carbocycles. The van der Waals surface area contributed by atoms with Crippen molar-refractivity contribution in [1.29, 1.82) is 0 Å². The van der Waals surface area contributed by atoms with Crippen molar-refractivity contribution in [2.75, 3.05) is 26.3 Å². The molecule has 1 aliphatic heterocycles. The molecule has 0 bridgehead atoms. The molecule has 0 aliphatic carbocycles.